The van der Waals surface area contributed by atoms with Crippen LogP contribution in [0.1, 0.15) is 95.2 Å². The van der Waals surface area contributed by atoms with Crippen LogP contribution < -0.4 is 9.64 Å². The Labute approximate surface area is 239 Å². The fraction of sp³-hybridized carbons (Fsp3) is 0.594. The number of hydrogen-bond donors (Lipinski definition) is 0. The van der Waals surface area contributed by atoms with Crippen molar-refractivity contribution in [1.82, 2.24) is 20.3 Å². The summed E-state index contributed by atoms with van der Waals surface area (Å²) in [7, 11) is 0. The second-order valence-electron chi connectivity index (χ2n) is 13.6. The quantitative estimate of drug-likeness (QED) is 0.304. The summed E-state index contributed by atoms with van der Waals surface area (Å²) in [6.45, 7) is 3.09. The third-order valence-electron chi connectivity index (χ3n) is 10.8. The van der Waals surface area contributed by atoms with E-state index in [0.29, 0.717) is 44.2 Å². The topological polar surface area (TPSA) is 94.2 Å². The van der Waals surface area contributed by atoms with Gasteiger partial charge in [-0.05, 0) is 101 Å². The number of alkyl halides is 1. The first-order chi connectivity index (χ1) is 19.8. The van der Waals surface area contributed by atoms with E-state index in [9.17, 15) is 9.18 Å². The Kier molecular flexibility index (Phi) is 5.46. The molecule has 7 fully saturated rings. The van der Waals surface area contributed by atoms with Crippen molar-refractivity contribution in [3.05, 3.63) is 48.1 Å². The van der Waals surface area contributed by atoms with Gasteiger partial charge in [0.25, 0.3) is 0 Å². The number of ether oxygens (including phenoxy) is 1. The number of halogens is 1. The van der Waals surface area contributed by atoms with E-state index in [4.69, 9.17) is 14.2 Å². The molecule has 0 atom stereocenters. The van der Waals surface area contributed by atoms with Crippen LogP contribution in [0.3, 0.4) is 0 Å². The Hall–Kier alpha value is -3.36. The molecule has 2 aromatic heterocycles. The van der Waals surface area contributed by atoms with Crippen LogP contribution in [0, 0.1) is 10.8 Å². The molecule has 9 heteroatoms. The molecule has 7 saturated carbocycles. The van der Waals surface area contributed by atoms with Crippen LogP contribution in [0.15, 0.2) is 40.9 Å². The normalized spacial score (nSPS) is 33.1. The molecule has 7 aliphatic rings. The monoisotopic (exact) mass is 557 g/mol. The number of benzene rings is 1. The van der Waals surface area contributed by atoms with Gasteiger partial charge in [-0.25, -0.2) is 4.39 Å². The number of aromatic nitrogens is 4. The lowest BCUT2D eigenvalue weighted by Gasteiger charge is -2.65. The maximum absolute atomic E-state index is 14.6. The fourth-order valence-corrected chi connectivity index (χ4v) is 8.10. The van der Waals surface area contributed by atoms with Gasteiger partial charge in [-0.1, -0.05) is 17.3 Å². The molecule has 214 valence electrons. The van der Waals surface area contributed by atoms with Crippen LogP contribution >= 0.6 is 0 Å². The first-order valence-corrected chi connectivity index (χ1v) is 15.2. The summed E-state index contributed by atoms with van der Waals surface area (Å²) in [4.78, 5) is 21.0. The number of anilines is 1. The second-order valence-corrected chi connectivity index (χ2v) is 13.6. The molecule has 1 amide bonds. The predicted molar refractivity (Wildman–Crippen MR) is 149 cm³/mol. The highest BCUT2D eigenvalue weighted by Gasteiger charge is 2.73. The van der Waals surface area contributed by atoms with E-state index >= 15 is 0 Å². The van der Waals surface area contributed by atoms with Gasteiger partial charge < -0.3 is 14.2 Å². The van der Waals surface area contributed by atoms with Crippen LogP contribution in [-0.4, -0.2) is 45.1 Å². The summed E-state index contributed by atoms with van der Waals surface area (Å²) in [5, 5.41) is 12.9. The van der Waals surface area contributed by atoms with E-state index in [1.165, 1.54) is 0 Å². The number of rotatable bonds is 9. The smallest absolute Gasteiger partial charge is 0.233 e. The SMILES string of the molecule is CCOc1ccc(-c2cccc(N(CC34CCC(c5nc(C6CC6)no5)(CC3)CC4)C(=O)C34CC(F)(C3)C4)c2)nn1. The molecule has 8 nitrogen and oxygen atoms in total. The van der Waals surface area contributed by atoms with Crippen LogP contribution in [0.4, 0.5) is 10.1 Å². The summed E-state index contributed by atoms with van der Waals surface area (Å²) in [6.07, 6.45) is 9.45. The standard InChI is InChI=1S/C32H36FN5O3/c1-2-40-25-9-8-24(35-36-25)22-4-3-5-23(16-22)38(28(39)31-17-32(33,18-31)19-31)20-29-10-13-30(14-11-29,15-12-29)27-34-26(37-41-27)21-6-7-21/h3-5,8-9,16,21H,2,6-7,10-15,17-20H2,1H3. The van der Waals surface area contributed by atoms with Crippen molar-refractivity contribution >= 4 is 11.6 Å². The van der Waals surface area contributed by atoms with E-state index in [1.807, 2.05) is 48.2 Å². The largest absolute Gasteiger partial charge is 0.477 e. The zero-order valence-electron chi connectivity index (χ0n) is 23.6. The molecule has 1 aromatic carbocycles. The van der Waals surface area contributed by atoms with Gasteiger partial charge in [0.1, 0.15) is 5.67 Å². The van der Waals surface area contributed by atoms with Gasteiger partial charge in [-0.3, -0.25) is 4.79 Å². The van der Waals surface area contributed by atoms with Gasteiger partial charge in [0.05, 0.1) is 17.7 Å². The number of amides is 1. The molecule has 0 N–H and O–H groups in total. The van der Waals surface area contributed by atoms with Gasteiger partial charge >= 0.3 is 0 Å². The van der Waals surface area contributed by atoms with Crippen molar-refractivity contribution in [2.45, 2.75) is 94.6 Å². The number of hydrogen-bond acceptors (Lipinski definition) is 7. The van der Waals surface area contributed by atoms with Gasteiger partial charge in [0.15, 0.2) is 5.82 Å². The van der Waals surface area contributed by atoms with Gasteiger partial charge in [0, 0.05) is 35.2 Å². The molecule has 41 heavy (non-hydrogen) atoms. The van der Waals surface area contributed by atoms with E-state index in [2.05, 4.69) is 15.4 Å². The zero-order chi connectivity index (χ0) is 27.9. The lowest BCUT2D eigenvalue weighted by atomic mass is 9.41. The molecule has 0 saturated heterocycles. The first kappa shape index (κ1) is 25.4. The van der Waals surface area contributed by atoms with E-state index in [1.54, 1.807) is 0 Å². The second kappa shape index (κ2) is 8.82. The summed E-state index contributed by atoms with van der Waals surface area (Å²) < 4.78 is 25.8. The van der Waals surface area contributed by atoms with Gasteiger partial charge in [-0.2, -0.15) is 4.98 Å². The Morgan fingerprint density at radius 2 is 1.80 bits per heavy atom. The van der Waals surface area contributed by atoms with E-state index in [0.717, 1.165) is 80.0 Å². The highest BCUT2D eigenvalue weighted by atomic mass is 19.1. The Balaban J connectivity index is 1.06. The highest BCUT2D eigenvalue weighted by Crippen LogP contribution is 2.70. The Morgan fingerprint density at radius 3 is 2.44 bits per heavy atom. The lowest BCUT2D eigenvalue weighted by Crippen LogP contribution is -2.71. The maximum atomic E-state index is 14.6. The van der Waals surface area contributed by atoms with Crippen LogP contribution in [0.25, 0.3) is 11.3 Å². The average Bonchev–Trinajstić information content (AvgIpc) is 3.70. The van der Waals surface area contributed by atoms with Crippen molar-refractivity contribution in [1.29, 1.82) is 0 Å². The maximum Gasteiger partial charge on any atom is 0.233 e. The predicted octanol–water partition coefficient (Wildman–Crippen LogP) is 6.32. The molecule has 0 aliphatic heterocycles. The molecule has 0 spiro atoms. The number of carbonyl (C=O) groups excluding carboxylic acids is 1. The molecular formula is C32H36FN5O3. The van der Waals surface area contributed by atoms with E-state index in [-0.39, 0.29) is 16.7 Å². The first-order valence-electron chi connectivity index (χ1n) is 15.2. The third-order valence-corrected chi connectivity index (χ3v) is 10.8. The van der Waals surface area contributed by atoms with Crippen molar-refractivity contribution in [3.63, 3.8) is 0 Å². The van der Waals surface area contributed by atoms with E-state index < -0.39 is 11.1 Å². The number of fused-ring (bicyclic) bond motifs is 3. The highest BCUT2D eigenvalue weighted by molar-refractivity contribution is 6.00. The van der Waals surface area contributed by atoms with Crippen molar-refractivity contribution in [2.24, 2.45) is 10.8 Å². The molecule has 0 unspecified atom stereocenters. The van der Waals surface area contributed by atoms with Crippen molar-refractivity contribution < 1.29 is 18.4 Å². The minimum absolute atomic E-state index is 0.0303. The molecule has 7 aliphatic carbocycles. The van der Waals surface area contributed by atoms with Crippen LogP contribution in [0.5, 0.6) is 5.88 Å². The number of nitrogens with zero attached hydrogens (tertiary/aromatic N) is 5. The van der Waals surface area contributed by atoms with Crippen molar-refractivity contribution in [2.75, 3.05) is 18.1 Å². The Morgan fingerprint density at radius 1 is 1.05 bits per heavy atom. The fourth-order valence-electron chi connectivity index (χ4n) is 8.10. The molecule has 4 bridgehead atoms. The molecular weight excluding hydrogens is 521 g/mol. The van der Waals surface area contributed by atoms with Crippen LogP contribution in [-0.2, 0) is 10.2 Å². The summed E-state index contributed by atoms with van der Waals surface area (Å²) in [6, 6.07) is 11.7. The third kappa shape index (κ3) is 4.09. The minimum atomic E-state index is -1.13. The van der Waals surface area contributed by atoms with Crippen LogP contribution in [0.2, 0.25) is 0 Å². The van der Waals surface area contributed by atoms with Gasteiger partial charge in [-0.15, -0.1) is 10.2 Å². The molecule has 10 rings (SSSR count). The number of carbonyl (C=O) groups is 1. The minimum Gasteiger partial charge on any atom is -0.477 e. The molecule has 0 radical (unpaired) electrons. The summed E-state index contributed by atoms with van der Waals surface area (Å²) in [5.41, 5.74) is 0.791. The van der Waals surface area contributed by atoms with Gasteiger partial charge in [0.2, 0.25) is 17.7 Å². The average molecular weight is 558 g/mol. The molecule has 2 heterocycles. The summed E-state index contributed by atoms with van der Waals surface area (Å²) >= 11 is 0. The van der Waals surface area contributed by atoms with Crippen molar-refractivity contribution in [3.8, 4) is 17.1 Å². The Bertz CT molecular complexity index is 1450. The zero-order valence-corrected chi connectivity index (χ0v) is 23.6. The lowest BCUT2D eigenvalue weighted by molar-refractivity contribution is -0.211. The summed E-state index contributed by atoms with van der Waals surface area (Å²) in [5.74, 6) is 2.76. The molecule has 3 aromatic rings.